The lowest BCUT2D eigenvalue weighted by Crippen LogP contribution is -2.20. The molecule has 40 heavy (non-hydrogen) atoms. The van der Waals surface area contributed by atoms with Gasteiger partial charge in [-0.2, -0.15) is 5.10 Å². The molecular weight excluding hydrogens is 534 g/mol. The Hall–Kier alpha value is -4.71. The van der Waals surface area contributed by atoms with Gasteiger partial charge in [0.1, 0.15) is 11.5 Å². The fraction of sp³-hybridized carbons (Fsp3) is 0.214. The van der Waals surface area contributed by atoms with Gasteiger partial charge in [-0.15, -0.1) is 10.2 Å². The summed E-state index contributed by atoms with van der Waals surface area (Å²) in [6.45, 7) is 0. The van der Waals surface area contributed by atoms with Crippen molar-refractivity contribution in [2.75, 3.05) is 41.3 Å². The molecule has 0 aliphatic rings. The first-order valence-corrected chi connectivity index (χ1v) is 13.0. The SMILES string of the molecule is COc1ccc(-c2nnc(SCC(=O)NN=Cc3cc(OC)c(OC)c(OC)c3)n2-c2ccc(OC)cc2)cc1. The van der Waals surface area contributed by atoms with Crippen LogP contribution in [0.1, 0.15) is 5.56 Å². The van der Waals surface area contributed by atoms with Crippen LogP contribution >= 0.6 is 11.8 Å². The summed E-state index contributed by atoms with van der Waals surface area (Å²) in [7, 11) is 7.81. The molecule has 0 unspecified atom stereocenters. The molecule has 11 nitrogen and oxygen atoms in total. The molecular formula is C28H29N5O6S. The summed E-state index contributed by atoms with van der Waals surface area (Å²) in [6, 6.07) is 18.5. The van der Waals surface area contributed by atoms with E-state index in [1.165, 1.54) is 39.3 Å². The van der Waals surface area contributed by atoms with E-state index in [4.69, 9.17) is 23.7 Å². The number of methoxy groups -OCH3 is 5. The molecule has 0 radical (unpaired) electrons. The van der Waals surface area contributed by atoms with Gasteiger partial charge >= 0.3 is 0 Å². The molecule has 1 aromatic heterocycles. The van der Waals surface area contributed by atoms with Gasteiger partial charge in [0.05, 0.1) is 47.5 Å². The molecule has 0 aliphatic heterocycles. The molecule has 1 heterocycles. The zero-order valence-corrected chi connectivity index (χ0v) is 23.5. The second-order valence-electron chi connectivity index (χ2n) is 8.11. The predicted molar refractivity (Wildman–Crippen MR) is 152 cm³/mol. The summed E-state index contributed by atoms with van der Waals surface area (Å²) < 4.78 is 28.5. The van der Waals surface area contributed by atoms with E-state index >= 15 is 0 Å². The van der Waals surface area contributed by atoms with Gasteiger partial charge in [0, 0.05) is 16.8 Å². The van der Waals surface area contributed by atoms with Gasteiger partial charge in [0.2, 0.25) is 5.75 Å². The Bertz CT molecular complexity index is 1450. The highest BCUT2D eigenvalue weighted by molar-refractivity contribution is 7.99. The number of hydrogen-bond acceptors (Lipinski definition) is 10. The average molecular weight is 564 g/mol. The number of ether oxygens (including phenoxy) is 5. The minimum atomic E-state index is -0.316. The summed E-state index contributed by atoms with van der Waals surface area (Å²) in [4.78, 5) is 12.6. The van der Waals surface area contributed by atoms with Crippen molar-refractivity contribution in [1.82, 2.24) is 20.2 Å². The molecule has 0 atom stereocenters. The van der Waals surface area contributed by atoms with Crippen LogP contribution in [0.2, 0.25) is 0 Å². The molecule has 0 aliphatic carbocycles. The highest BCUT2D eigenvalue weighted by Gasteiger charge is 2.18. The van der Waals surface area contributed by atoms with Crippen LogP contribution in [0.25, 0.3) is 17.1 Å². The first-order valence-electron chi connectivity index (χ1n) is 12.0. The maximum atomic E-state index is 12.6. The van der Waals surface area contributed by atoms with E-state index < -0.39 is 0 Å². The lowest BCUT2D eigenvalue weighted by Gasteiger charge is -2.12. The standard InChI is InChI=1S/C28H29N5O6S/c1-35-21-10-6-19(7-11-21)27-31-32-28(33(27)20-8-12-22(36-2)13-9-20)40-17-25(34)30-29-16-18-14-23(37-3)26(39-5)24(15-18)38-4/h6-16H,17H2,1-5H3,(H,30,34). The molecule has 0 spiro atoms. The summed E-state index contributed by atoms with van der Waals surface area (Å²) in [6.07, 6.45) is 1.49. The van der Waals surface area contributed by atoms with Crippen molar-refractivity contribution in [2.45, 2.75) is 5.16 Å². The summed E-state index contributed by atoms with van der Waals surface area (Å²) in [5, 5.41) is 13.4. The molecule has 0 saturated carbocycles. The molecule has 0 saturated heterocycles. The van der Waals surface area contributed by atoms with E-state index in [0.717, 1.165) is 22.7 Å². The third-order valence-corrected chi connectivity index (χ3v) is 6.66. The van der Waals surface area contributed by atoms with E-state index in [9.17, 15) is 4.79 Å². The van der Waals surface area contributed by atoms with Crippen molar-refractivity contribution in [1.29, 1.82) is 0 Å². The smallest absolute Gasteiger partial charge is 0.250 e. The number of rotatable bonds is 12. The van der Waals surface area contributed by atoms with Crippen LogP contribution in [0, 0.1) is 0 Å². The maximum absolute atomic E-state index is 12.6. The second-order valence-corrected chi connectivity index (χ2v) is 9.05. The summed E-state index contributed by atoms with van der Waals surface area (Å²) >= 11 is 1.24. The van der Waals surface area contributed by atoms with Crippen molar-refractivity contribution < 1.29 is 28.5 Å². The van der Waals surface area contributed by atoms with Crippen molar-refractivity contribution in [2.24, 2.45) is 5.10 Å². The number of nitrogens with one attached hydrogen (secondary N) is 1. The third-order valence-electron chi connectivity index (χ3n) is 5.73. The van der Waals surface area contributed by atoms with Crippen LogP contribution in [-0.2, 0) is 4.79 Å². The molecule has 0 bridgehead atoms. The number of aromatic nitrogens is 3. The quantitative estimate of drug-likeness (QED) is 0.154. The van der Waals surface area contributed by atoms with E-state index in [1.54, 1.807) is 26.4 Å². The number of benzene rings is 3. The third kappa shape index (κ3) is 6.46. The molecule has 12 heteroatoms. The number of thioether (sulfide) groups is 1. The van der Waals surface area contributed by atoms with E-state index in [1.807, 2.05) is 53.1 Å². The van der Waals surface area contributed by atoms with Crippen LogP contribution in [0.15, 0.2) is 70.9 Å². The number of nitrogens with zero attached hydrogens (tertiary/aromatic N) is 4. The Morgan fingerprint density at radius 3 is 2.00 bits per heavy atom. The zero-order chi connectivity index (χ0) is 28.5. The van der Waals surface area contributed by atoms with Gasteiger partial charge in [-0.1, -0.05) is 11.8 Å². The Morgan fingerprint density at radius 1 is 0.850 bits per heavy atom. The Kier molecular flexibility index (Phi) is 9.47. The maximum Gasteiger partial charge on any atom is 0.250 e. The second kappa shape index (κ2) is 13.4. The Balaban J connectivity index is 1.51. The first kappa shape index (κ1) is 28.3. The fourth-order valence-electron chi connectivity index (χ4n) is 3.77. The molecule has 208 valence electrons. The molecule has 0 fully saturated rings. The van der Waals surface area contributed by atoms with Gasteiger partial charge in [-0.3, -0.25) is 9.36 Å². The van der Waals surface area contributed by atoms with Crippen molar-refractivity contribution in [3.63, 3.8) is 0 Å². The molecule has 1 amide bonds. The van der Waals surface area contributed by atoms with Gasteiger partial charge in [0.25, 0.3) is 5.91 Å². The molecule has 1 N–H and O–H groups in total. The van der Waals surface area contributed by atoms with E-state index in [2.05, 4.69) is 20.7 Å². The van der Waals surface area contributed by atoms with Crippen LogP contribution in [0.4, 0.5) is 0 Å². The normalized spacial score (nSPS) is 10.8. The van der Waals surface area contributed by atoms with Gasteiger partial charge in [-0.25, -0.2) is 5.43 Å². The highest BCUT2D eigenvalue weighted by atomic mass is 32.2. The lowest BCUT2D eigenvalue weighted by molar-refractivity contribution is -0.118. The van der Waals surface area contributed by atoms with Crippen LogP contribution in [0.5, 0.6) is 28.7 Å². The highest BCUT2D eigenvalue weighted by Crippen LogP contribution is 2.37. The Labute approximate surface area is 236 Å². The molecule has 3 aromatic carbocycles. The number of hydrogen-bond donors (Lipinski definition) is 1. The summed E-state index contributed by atoms with van der Waals surface area (Å²) in [5.74, 6) is 3.26. The van der Waals surface area contributed by atoms with Crippen molar-refractivity contribution in [3.8, 4) is 45.8 Å². The fourth-order valence-corrected chi connectivity index (χ4v) is 4.52. The van der Waals surface area contributed by atoms with Crippen molar-refractivity contribution >= 4 is 23.9 Å². The van der Waals surface area contributed by atoms with E-state index in [-0.39, 0.29) is 11.7 Å². The number of amides is 1. The summed E-state index contributed by atoms with van der Waals surface area (Å²) in [5.41, 5.74) is 4.86. The van der Waals surface area contributed by atoms with E-state index in [0.29, 0.717) is 33.8 Å². The minimum Gasteiger partial charge on any atom is -0.497 e. The van der Waals surface area contributed by atoms with Crippen LogP contribution in [-0.4, -0.2) is 68.2 Å². The zero-order valence-electron chi connectivity index (χ0n) is 22.7. The van der Waals surface area contributed by atoms with Crippen LogP contribution in [0.3, 0.4) is 0 Å². The largest absolute Gasteiger partial charge is 0.497 e. The topological polar surface area (TPSA) is 118 Å². The van der Waals surface area contributed by atoms with Crippen LogP contribution < -0.4 is 29.1 Å². The molecule has 4 aromatic rings. The number of carbonyl (C=O) groups excluding carboxylic acids is 1. The minimum absolute atomic E-state index is 0.0590. The predicted octanol–water partition coefficient (Wildman–Crippen LogP) is 4.22. The number of hydrazone groups is 1. The lowest BCUT2D eigenvalue weighted by atomic mass is 10.2. The van der Waals surface area contributed by atoms with Crippen molar-refractivity contribution in [3.05, 3.63) is 66.2 Å². The van der Waals surface area contributed by atoms with Gasteiger partial charge < -0.3 is 23.7 Å². The molecule has 4 rings (SSSR count). The first-order chi connectivity index (χ1) is 19.5. The average Bonchev–Trinajstić information content (AvgIpc) is 3.43. The monoisotopic (exact) mass is 563 g/mol. The van der Waals surface area contributed by atoms with Gasteiger partial charge in [-0.05, 0) is 60.7 Å². The number of carbonyl (C=O) groups is 1. The Morgan fingerprint density at radius 2 is 1.45 bits per heavy atom. The van der Waals surface area contributed by atoms with Gasteiger partial charge in [0.15, 0.2) is 22.5 Å².